The van der Waals surface area contributed by atoms with E-state index in [0.29, 0.717) is 29.6 Å². The maximum Gasteiger partial charge on any atom is 0.260 e. The number of hydrogen-bond donors (Lipinski definition) is 2. The van der Waals surface area contributed by atoms with Crippen molar-refractivity contribution in [2.24, 2.45) is 4.99 Å². The van der Waals surface area contributed by atoms with E-state index in [0.717, 1.165) is 35.3 Å². The first kappa shape index (κ1) is 18.2. The minimum atomic E-state index is 0.399. The van der Waals surface area contributed by atoms with E-state index in [1.165, 1.54) is 0 Å². The van der Waals surface area contributed by atoms with Gasteiger partial charge < -0.3 is 14.6 Å². The molecule has 144 valence electrons. The number of allylic oxidation sites excluding steroid dienone is 2. The Bertz CT molecular complexity index is 1090. The summed E-state index contributed by atoms with van der Waals surface area (Å²) in [4.78, 5) is 10.1. The average molecular weight is 376 g/mol. The second-order valence-electron chi connectivity index (χ2n) is 7.16. The molecule has 0 aromatic carbocycles. The molecular formula is C21H24N6O. The van der Waals surface area contributed by atoms with E-state index in [1.54, 1.807) is 4.52 Å². The van der Waals surface area contributed by atoms with Gasteiger partial charge in [-0.1, -0.05) is 6.07 Å². The van der Waals surface area contributed by atoms with Crippen LogP contribution in [0.2, 0.25) is 0 Å². The highest BCUT2D eigenvalue weighted by Gasteiger charge is 2.22. The van der Waals surface area contributed by atoms with Crippen LogP contribution in [0.3, 0.4) is 0 Å². The number of pyridine rings is 1. The molecule has 0 saturated heterocycles. The van der Waals surface area contributed by atoms with E-state index in [1.807, 2.05) is 63.8 Å². The van der Waals surface area contributed by atoms with Crippen molar-refractivity contribution in [3.8, 4) is 5.88 Å². The topological polar surface area (TPSA) is 81.8 Å². The number of aromatic amines is 1. The van der Waals surface area contributed by atoms with Crippen molar-refractivity contribution < 1.29 is 4.74 Å². The van der Waals surface area contributed by atoms with Crippen LogP contribution in [0.4, 0.5) is 5.69 Å². The third kappa shape index (κ3) is 3.36. The van der Waals surface area contributed by atoms with E-state index in [9.17, 15) is 0 Å². The number of aromatic nitrogens is 3. The predicted molar refractivity (Wildman–Crippen MR) is 112 cm³/mol. The van der Waals surface area contributed by atoms with Crippen molar-refractivity contribution in [2.45, 2.75) is 13.3 Å². The van der Waals surface area contributed by atoms with Gasteiger partial charge in [-0.3, -0.25) is 5.41 Å². The third-order valence-corrected chi connectivity index (χ3v) is 4.72. The summed E-state index contributed by atoms with van der Waals surface area (Å²) in [6.07, 6.45) is 6.57. The van der Waals surface area contributed by atoms with E-state index in [-0.39, 0.29) is 0 Å². The molecule has 0 spiro atoms. The highest BCUT2D eigenvalue weighted by molar-refractivity contribution is 6.54. The summed E-state index contributed by atoms with van der Waals surface area (Å²) in [6.45, 7) is 3.53. The van der Waals surface area contributed by atoms with Crippen molar-refractivity contribution in [2.75, 3.05) is 27.2 Å². The minimum absolute atomic E-state index is 0.399. The molecule has 1 aliphatic carbocycles. The van der Waals surface area contributed by atoms with Gasteiger partial charge in [-0.25, -0.2) is 9.51 Å². The van der Waals surface area contributed by atoms with Gasteiger partial charge in [0.05, 0.1) is 29.2 Å². The standard InChI is InChI=1S/C21H24N6O/c1-14-13-16(18(22)15-8-9-23-19(14)15)24-20-17-7-4-5-11-27(17)25-21(20)28-12-6-10-26(2)3/h4-5,7-9,11,13,22-23H,6,10,12H2,1-3H3. The molecule has 7 heteroatoms. The summed E-state index contributed by atoms with van der Waals surface area (Å²) in [5.74, 6) is 0.496. The zero-order valence-corrected chi connectivity index (χ0v) is 16.4. The smallest absolute Gasteiger partial charge is 0.260 e. The predicted octanol–water partition coefficient (Wildman–Crippen LogP) is 3.55. The highest BCUT2D eigenvalue weighted by atomic mass is 16.5. The van der Waals surface area contributed by atoms with Gasteiger partial charge in [-0.2, -0.15) is 0 Å². The van der Waals surface area contributed by atoms with Gasteiger partial charge >= 0.3 is 0 Å². The number of hydrogen-bond acceptors (Lipinski definition) is 5. The Morgan fingerprint density at radius 2 is 2.14 bits per heavy atom. The van der Waals surface area contributed by atoms with Crippen molar-refractivity contribution in [1.29, 1.82) is 5.41 Å². The first-order chi connectivity index (χ1) is 13.5. The molecule has 0 unspecified atom stereocenters. The Labute approximate surface area is 163 Å². The molecule has 3 aromatic heterocycles. The molecule has 2 N–H and O–H groups in total. The molecule has 0 bridgehead atoms. The number of fused-ring (bicyclic) bond motifs is 2. The highest BCUT2D eigenvalue weighted by Crippen LogP contribution is 2.33. The molecule has 28 heavy (non-hydrogen) atoms. The number of nitrogens with one attached hydrogen (secondary N) is 2. The van der Waals surface area contributed by atoms with Crippen LogP contribution in [0.1, 0.15) is 24.6 Å². The Balaban J connectivity index is 1.71. The Morgan fingerprint density at radius 1 is 1.29 bits per heavy atom. The lowest BCUT2D eigenvalue weighted by atomic mass is 9.95. The normalized spacial score (nSPS) is 15.4. The van der Waals surface area contributed by atoms with Gasteiger partial charge in [0, 0.05) is 24.5 Å². The van der Waals surface area contributed by atoms with Crippen molar-refractivity contribution in [3.05, 3.63) is 54.0 Å². The van der Waals surface area contributed by atoms with Gasteiger partial charge in [0.2, 0.25) is 0 Å². The quantitative estimate of drug-likeness (QED) is 0.646. The summed E-state index contributed by atoms with van der Waals surface area (Å²) in [5, 5.41) is 13.1. The van der Waals surface area contributed by atoms with Gasteiger partial charge in [-0.15, -0.1) is 5.10 Å². The minimum Gasteiger partial charge on any atom is -0.475 e. The molecule has 0 saturated carbocycles. The molecule has 0 atom stereocenters. The second-order valence-corrected chi connectivity index (χ2v) is 7.16. The molecule has 4 rings (SSSR count). The first-order valence-electron chi connectivity index (χ1n) is 9.33. The lowest BCUT2D eigenvalue weighted by molar-refractivity contribution is 0.273. The number of nitrogens with zero attached hydrogens (tertiary/aromatic N) is 4. The van der Waals surface area contributed by atoms with Crippen molar-refractivity contribution in [1.82, 2.24) is 19.5 Å². The van der Waals surface area contributed by atoms with Crippen LogP contribution in [-0.2, 0) is 0 Å². The molecule has 7 nitrogen and oxygen atoms in total. The third-order valence-electron chi connectivity index (χ3n) is 4.72. The Kier molecular flexibility index (Phi) is 4.83. The molecule has 0 fully saturated rings. The molecule has 3 heterocycles. The Morgan fingerprint density at radius 3 is 2.96 bits per heavy atom. The molecule has 0 radical (unpaired) electrons. The van der Waals surface area contributed by atoms with Crippen LogP contribution < -0.4 is 4.74 Å². The largest absolute Gasteiger partial charge is 0.475 e. The summed E-state index contributed by atoms with van der Waals surface area (Å²) in [7, 11) is 4.09. The summed E-state index contributed by atoms with van der Waals surface area (Å²) in [5.41, 5.74) is 5.43. The monoisotopic (exact) mass is 376 g/mol. The average Bonchev–Trinajstić information content (AvgIpc) is 3.29. The van der Waals surface area contributed by atoms with Gasteiger partial charge in [0.25, 0.3) is 5.88 Å². The molecule has 0 aliphatic heterocycles. The summed E-state index contributed by atoms with van der Waals surface area (Å²) < 4.78 is 7.74. The van der Waals surface area contributed by atoms with Crippen LogP contribution in [0, 0.1) is 5.41 Å². The van der Waals surface area contributed by atoms with Gasteiger partial charge in [0.15, 0.2) is 5.69 Å². The fourth-order valence-electron chi connectivity index (χ4n) is 3.32. The molecular weight excluding hydrogens is 352 g/mol. The fourth-order valence-corrected chi connectivity index (χ4v) is 3.32. The van der Waals surface area contributed by atoms with Crippen LogP contribution in [0.15, 0.2) is 47.7 Å². The van der Waals surface area contributed by atoms with Crippen molar-refractivity contribution in [3.63, 3.8) is 0 Å². The van der Waals surface area contributed by atoms with E-state index < -0.39 is 0 Å². The van der Waals surface area contributed by atoms with E-state index in [2.05, 4.69) is 15.0 Å². The maximum atomic E-state index is 8.56. The fraction of sp³-hybridized carbons (Fsp3) is 0.286. The van der Waals surface area contributed by atoms with Crippen LogP contribution >= 0.6 is 0 Å². The maximum absolute atomic E-state index is 8.56. The molecule has 1 aliphatic rings. The second kappa shape index (κ2) is 7.44. The number of aliphatic imine (C=N–C) groups is 1. The summed E-state index contributed by atoms with van der Waals surface area (Å²) in [6, 6.07) is 7.75. The van der Waals surface area contributed by atoms with Crippen LogP contribution in [0.5, 0.6) is 5.88 Å². The van der Waals surface area contributed by atoms with Crippen LogP contribution in [-0.4, -0.2) is 58.2 Å². The van der Waals surface area contributed by atoms with Crippen molar-refractivity contribution >= 4 is 28.2 Å². The zero-order valence-electron chi connectivity index (χ0n) is 16.4. The van der Waals surface area contributed by atoms with Gasteiger partial charge in [-0.05, 0) is 57.3 Å². The first-order valence-corrected chi connectivity index (χ1v) is 9.33. The lowest BCUT2D eigenvalue weighted by Gasteiger charge is -2.14. The molecule has 0 amide bonds. The number of H-pyrrole nitrogens is 1. The molecule has 3 aromatic rings. The number of ether oxygens (including phenoxy) is 1. The number of rotatable bonds is 6. The van der Waals surface area contributed by atoms with E-state index >= 15 is 0 Å². The zero-order chi connectivity index (χ0) is 19.7. The lowest BCUT2D eigenvalue weighted by Crippen LogP contribution is -2.17. The summed E-state index contributed by atoms with van der Waals surface area (Å²) >= 11 is 0. The van der Waals surface area contributed by atoms with Gasteiger partial charge in [0.1, 0.15) is 0 Å². The Hall–Kier alpha value is -3.19. The van der Waals surface area contributed by atoms with E-state index in [4.69, 9.17) is 15.1 Å². The van der Waals surface area contributed by atoms with Crippen LogP contribution in [0.25, 0.3) is 11.1 Å². The SMILES string of the molecule is CC1=CC(=Nc2c(OCCCN(C)C)nn3ccccc23)C(=N)c2cc[nH]c21.